The lowest BCUT2D eigenvalue weighted by molar-refractivity contribution is -0.134. The number of rotatable bonds is 4. The number of anilines is 2. The van der Waals surface area contributed by atoms with Gasteiger partial charge in [0.2, 0.25) is 5.91 Å². The molecule has 0 spiro atoms. The molecule has 3 aromatic heterocycles. The van der Waals surface area contributed by atoms with Crippen LogP contribution in [0, 0.1) is 19.7 Å². The van der Waals surface area contributed by atoms with Gasteiger partial charge in [-0.2, -0.15) is 5.10 Å². The Hall–Kier alpha value is -4.61. The third-order valence-electron chi connectivity index (χ3n) is 8.19. The Balaban J connectivity index is 1.13. The van der Waals surface area contributed by atoms with E-state index >= 15 is 4.39 Å². The second kappa shape index (κ2) is 11.5. The lowest BCUT2D eigenvalue weighted by Crippen LogP contribution is -2.50. The van der Waals surface area contributed by atoms with E-state index in [0.717, 1.165) is 23.9 Å². The minimum absolute atomic E-state index is 0.0167. The first kappa shape index (κ1) is 29.5. The molecule has 0 aliphatic carbocycles. The Morgan fingerprint density at radius 1 is 0.977 bits per heavy atom. The molecule has 4 aromatic rings. The highest BCUT2D eigenvalue weighted by molar-refractivity contribution is 5.89. The molecule has 1 fully saturated rings. The van der Waals surface area contributed by atoms with Crippen molar-refractivity contribution in [2.24, 2.45) is 0 Å². The SMILES string of the molecule is Cc1ncnc(C)c1-c1cc2cc(Nc3cc4n(n3)CC(=O)N(C3CCN(C(=O)OC(C)(C)C)CC3)CC4)ncc2cc1F. The monoisotopic (exact) mass is 600 g/mol. The number of nitrogens with one attached hydrogen (secondary N) is 1. The molecule has 0 atom stereocenters. The van der Waals surface area contributed by atoms with Crippen molar-refractivity contribution in [3.05, 3.63) is 59.7 Å². The summed E-state index contributed by atoms with van der Waals surface area (Å²) in [5, 5.41) is 9.40. The van der Waals surface area contributed by atoms with Gasteiger partial charge in [0.05, 0.1) is 0 Å². The van der Waals surface area contributed by atoms with E-state index in [1.165, 1.54) is 12.4 Å². The predicted octanol–water partition coefficient (Wildman–Crippen LogP) is 5.17. The highest BCUT2D eigenvalue weighted by atomic mass is 19.1. The van der Waals surface area contributed by atoms with Gasteiger partial charge in [-0.3, -0.25) is 9.48 Å². The van der Waals surface area contributed by atoms with Crippen molar-refractivity contribution < 1.29 is 18.7 Å². The smallest absolute Gasteiger partial charge is 0.410 e. The van der Waals surface area contributed by atoms with Crippen molar-refractivity contribution in [1.82, 2.24) is 34.5 Å². The lowest BCUT2D eigenvalue weighted by Gasteiger charge is -2.38. The number of nitrogens with zero attached hydrogens (tertiary/aromatic N) is 7. The second-order valence-corrected chi connectivity index (χ2v) is 12.5. The van der Waals surface area contributed by atoms with Crippen molar-refractivity contribution in [2.75, 3.05) is 25.0 Å². The van der Waals surface area contributed by atoms with Crippen LogP contribution in [0.15, 0.2) is 36.8 Å². The molecule has 1 aromatic carbocycles. The number of amides is 2. The van der Waals surface area contributed by atoms with Crippen molar-refractivity contribution in [3.8, 4) is 11.1 Å². The van der Waals surface area contributed by atoms with Crippen molar-refractivity contribution >= 4 is 34.4 Å². The molecule has 0 radical (unpaired) electrons. The van der Waals surface area contributed by atoms with E-state index in [-0.39, 0.29) is 30.4 Å². The van der Waals surface area contributed by atoms with Crippen LogP contribution in [0.25, 0.3) is 21.9 Å². The van der Waals surface area contributed by atoms with Crippen LogP contribution in [-0.2, 0) is 22.5 Å². The summed E-state index contributed by atoms with van der Waals surface area (Å²) < 4.78 is 22.3. The van der Waals surface area contributed by atoms with Crippen LogP contribution in [0.2, 0.25) is 0 Å². The molecule has 2 aliphatic rings. The standard InChI is InChI=1S/C32H37FN8O3/c1-19-30(20(2)36-18-35-19)25-12-21-14-27(34-16-22(21)13-26(25)33)37-28-15-24-8-11-40(29(42)17-41(24)38-28)23-6-9-39(10-7-23)31(43)44-32(3,4)5/h12-16,18,23H,6-11,17H2,1-5H3,(H,34,37,38). The average molecular weight is 601 g/mol. The molecule has 5 heterocycles. The molecule has 0 saturated carbocycles. The quantitative estimate of drug-likeness (QED) is 0.341. The first-order valence-electron chi connectivity index (χ1n) is 14.9. The molecule has 1 N–H and O–H groups in total. The Morgan fingerprint density at radius 2 is 1.70 bits per heavy atom. The molecule has 44 heavy (non-hydrogen) atoms. The maximum Gasteiger partial charge on any atom is 0.410 e. The first-order chi connectivity index (χ1) is 20.9. The van der Waals surface area contributed by atoms with Gasteiger partial charge in [0.1, 0.15) is 30.1 Å². The van der Waals surface area contributed by atoms with Gasteiger partial charge in [0, 0.05) is 78.0 Å². The Kier molecular flexibility index (Phi) is 7.68. The minimum atomic E-state index is -0.535. The number of hydrogen-bond acceptors (Lipinski definition) is 8. The van der Waals surface area contributed by atoms with Gasteiger partial charge >= 0.3 is 6.09 Å². The van der Waals surface area contributed by atoms with Crippen molar-refractivity contribution in [2.45, 2.75) is 72.1 Å². The summed E-state index contributed by atoms with van der Waals surface area (Å²) in [6.07, 6.45) is 4.91. The predicted molar refractivity (Wildman–Crippen MR) is 164 cm³/mol. The highest BCUT2D eigenvalue weighted by Crippen LogP contribution is 2.32. The maximum absolute atomic E-state index is 15.1. The van der Waals surface area contributed by atoms with Crippen molar-refractivity contribution in [1.29, 1.82) is 0 Å². The molecule has 0 unspecified atom stereocenters. The van der Waals surface area contributed by atoms with Crippen LogP contribution in [0.1, 0.15) is 50.7 Å². The number of likely N-dealkylation sites (tertiary alicyclic amines) is 1. The lowest BCUT2D eigenvalue weighted by atomic mass is 9.99. The van der Waals surface area contributed by atoms with E-state index in [1.807, 2.05) is 51.7 Å². The van der Waals surface area contributed by atoms with E-state index in [2.05, 4.69) is 25.4 Å². The van der Waals surface area contributed by atoms with E-state index in [0.29, 0.717) is 65.6 Å². The number of pyridine rings is 1. The Labute approximate surface area is 255 Å². The molecule has 230 valence electrons. The molecule has 1 saturated heterocycles. The highest BCUT2D eigenvalue weighted by Gasteiger charge is 2.33. The van der Waals surface area contributed by atoms with E-state index in [1.54, 1.807) is 21.8 Å². The number of hydrogen-bond donors (Lipinski definition) is 1. The number of aryl methyl sites for hydroxylation is 2. The molecule has 6 rings (SSSR count). The van der Waals surface area contributed by atoms with Gasteiger partial charge < -0.3 is 19.9 Å². The summed E-state index contributed by atoms with van der Waals surface area (Å²) in [7, 11) is 0. The summed E-state index contributed by atoms with van der Waals surface area (Å²) in [5.41, 5.74) is 2.96. The summed E-state index contributed by atoms with van der Waals surface area (Å²) in [5.74, 6) is 0.809. The topological polar surface area (TPSA) is 118 Å². The van der Waals surface area contributed by atoms with Gasteiger partial charge in [-0.25, -0.2) is 24.1 Å². The zero-order valence-electron chi connectivity index (χ0n) is 25.7. The van der Waals surface area contributed by atoms with E-state index in [9.17, 15) is 9.59 Å². The minimum Gasteiger partial charge on any atom is -0.444 e. The molecule has 2 aliphatic heterocycles. The summed E-state index contributed by atoms with van der Waals surface area (Å²) in [6, 6.07) is 7.15. The Bertz CT molecular complexity index is 1720. The number of ether oxygens (including phenoxy) is 1. The molecule has 11 nitrogen and oxygen atoms in total. The summed E-state index contributed by atoms with van der Waals surface area (Å²) in [4.78, 5) is 42.4. The number of piperidine rings is 1. The van der Waals surface area contributed by atoms with E-state index < -0.39 is 5.60 Å². The van der Waals surface area contributed by atoms with Crippen LogP contribution < -0.4 is 5.32 Å². The van der Waals surface area contributed by atoms with Gasteiger partial charge in [-0.1, -0.05) is 0 Å². The van der Waals surface area contributed by atoms with Crippen molar-refractivity contribution in [3.63, 3.8) is 0 Å². The third-order valence-corrected chi connectivity index (χ3v) is 8.19. The molecule has 0 bridgehead atoms. The van der Waals surface area contributed by atoms with E-state index in [4.69, 9.17) is 4.74 Å². The van der Waals surface area contributed by atoms with Crippen LogP contribution >= 0.6 is 0 Å². The molecule has 12 heteroatoms. The second-order valence-electron chi connectivity index (χ2n) is 12.5. The number of carbonyl (C=O) groups is 2. The molecular weight excluding hydrogens is 563 g/mol. The fraction of sp³-hybridized carbons (Fsp3) is 0.438. The number of benzene rings is 1. The molecule has 2 amide bonds. The third kappa shape index (κ3) is 6.06. The molecular formula is C32H37FN8O3. The van der Waals surface area contributed by atoms with Gasteiger partial charge in [-0.05, 0) is 71.0 Å². The van der Waals surface area contributed by atoms with Gasteiger partial charge in [0.25, 0.3) is 0 Å². The fourth-order valence-corrected chi connectivity index (χ4v) is 6.05. The average Bonchev–Trinajstić information content (AvgIpc) is 3.25. The largest absolute Gasteiger partial charge is 0.444 e. The number of fused-ring (bicyclic) bond motifs is 2. The van der Waals surface area contributed by atoms with Gasteiger partial charge in [-0.15, -0.1) is 0 Å². The van der Waals surface area contributed by atoms with Crippen LogP contribution in [0.5, 0.6) is 0 Å². The van der Waals surface area contributed by atoms with Crippen LogP contribution in [-0.4, -0.2) is 77.8 Å². The van der Waals surface area contributed by atoms with Crippen LogP contribution in [0.4, 0.5) is 20.8 Å². The number of halogens is 1. The fourth-order valence-electron chi connectivity index (χ4n) is 6.05. The zero-order valence-corrected chi connectivity index (χ0v) is 25.7. The number of aromatic nitrogens is 5. The number of carbonyl (C=O) groups excluding carboxylic acids is 2. The normalized spacial score (nSPS) is 16.2. The zero-order chi connectivity index (χ0) is 31.2. The summed E-state index contributed by atoms with van der Waals surface area (Å²) >= 11 is 0. The first-order valence-corrected chi connectivity index (χ1v) is 14.9. The summed E-state index contributed by atoms with van der Waals surface area (Å²) in [6.45, 7) is 11.1. The van der Waals surface area contributed by atoms with Gasteiger partial charge in [0.15, 0.2) is 5.82 Å². The van der Waals surface area contributed by atoms with Crippen LogP contribution in [0.3, 0.4) is 0 Å². The Morgan fingerprint density at radius 3 is 2.41 bits per heavy atom. The maximum atomic E-state index is 15.1.